The van der Waals surface area contributed by atoms with Crippen molar-refractivity contribution in [2.45, 2.75) is 67.4 Å². The molecule has 0 aliphatic carbocycles. The Morgan fingerprint density at radius 2 is 1.97 bits per heavy atom. The highest BCUT2D eigenvalue weighted by Crippen LogP contribution is 2.68. The number of nitrogens with one attached hydrogen (secondary N) is 2. The Bertz CT molecular complexity index is 955. The summed E-state index contributed by atoms with van der Waals surface area (Å²) in [7, 11) is 0. The van der Waals surface area contributed by atoms with E-state index in [2.05, 4.69) is 26.6 Å². The highest BCUT2D eigenvalue weighted by atomic mass is 79.9. The maximum atomic E-state index is 13.9. The largest absolute Gasteiger partial charge is 0.394 e. The van der Waals surface area contributed by atoms with Crippen molar-refractivity contribution in [3.63, 3.8) is 0 Å². The van der Waals surface area contributed by atoms with Gasteiger partial charge in [-0.15, -0.1) is 11.8 Å². The van der Waals surface area contributed by atoms with Gasteiger partial charge < -0.3 is 20.6 Å². The summed E-state index contributed by atoms with van der Waals surface area (Å²) >= 11 is 5.36. The molecule has 0 saturated carbocycles. The highest BCUT2D eigenvalue weighted by molar-refractivity contribution is 9.09. The third-order valence-corrected chi connectivity index (χ3v) is 10.5. The van der Waals surface area contributed by atoms with E-state index >= 15 is 0 Å². The molecule has 0 aromatic heterocycles. The van der Waals surface area contributed by atoms with Crippen LogP contribution in [0.2, 0.25) is 0 Å². The summed E-state index contributed by atoms with van der Waals surface area (Å²) in [4.78, 5) is 42.4. The number of anilines is 1. The average molecular weight is 539 g/mol. The second-order valence-electron chi connectivity index (χ2n) is 9.49. The van der Waals surface area contributed by atoms with Crippen LogP contribution >= 0.6 is 27.7 Å². The van der Waals surface area contributed by atoms with Gasteiger partial charge in [-0.1, -0.05) is 41.1 Å². The first-order valence-corrected chi connectivity index (χ1v) is 13.4. The maximum Gasteiger partial charge on any atom is 0.248 e. The number of hydrogen-bond acceptors (Lipinski definition) is 5. The number of thioether (sulfide) groups is 1. The van der Waals surface area contributed by atoms with E-state index in [1.165, 1.54) is 0 Å². The molecule has 7 atom stereocenters. The SMILES string of the molecule is CCCNC(=O)[C@H]1[C@H]2C(=O)N([C@H](C)CO)C(C(=O)Nc3c(C)cccc3C)C23CC(Br)[C@@H]1S3. The van der Waals surface area contributed by atoms with Gasteiger partial charge in [0, 0.05) is 22.3 Å². The molecular formula is C24H32BrN3O4S. The zero-order valence-electron chi connectivity index (χ0n) is 19.4. The summed E-state index contributed by atoms with van der Waals surface area (Å²) < 4.78 is -0.714. The molecule has 1 aromatic carbocycles. The molecule has 3 heterocycles. The molecular weight excluding hydrogens is 506 g/mol. The van der Waals surface area contributed by atoms with E-state index in [9.17, 15) is 19.5 Å². The van der Waals surface area contributed by atoms with Gasteiger partial charge in [0.25, 0.3) is 0 Å². The van der Waals surface area contributed by atoms with Crippen molar-refractivity contribution < 1.29 is 19.5 Å². The minimum absolute atomic E-state index is 0.0313. The smallest absolute Gasteiger partial charge is 0.248 e. The summed E-state index contributed by atoms with van der Waals surface area (Å²) in [5, 5.41) is 15.9. The molecule has 3 amide bonds. The summed E-state index contributed by atoms with van der Waals surface area (Å²) in [6, 6.07) is 4.53. The Kier molecular flexibility index (Phi) is 6.86. The summed E-state index contributed by atoms with van der Waals surface area (Å²) in [5.74, 6) is -1.67. The predicted octanol–water partition coefficient (Wildman–Crippen LogP) is 2.61. The average Bonchev–Trinajstić information content (AvgIpc) is 3.37. The highest BCUT2D eigenvalue weighted by Gasteiger charge is 2.76. The van der Waals surface area contributed by atoms with Crippen molar-refractivity contribution in [2.24, 2.45) is 11.8 Å². The number of para-hydroxylation sites is 1. The summed E-state index contributed by atoms with van der Waals surface area (Å²) in [6.07, 6.45) is 1.43. The number of amides is 3. The number of likely N-dealkylation sites (tertiary alicyclic amines) is 1. The van der Waals surface area contributed by atoms with Crippen LogP contribution in [0.1, 0.15) is 37.8 Å². The second-order valence-corrected chi connectivity index (χ2v) is 12.2. The summed E-state index contributed by atoms with van der Waals surface area (Å²) in [6.45, 7) is 7.93. The fraction of sp³-hybridized carbons (Fsp3) is 0.625. The molecule has 0 radical (unpaired) electrons. The lowest BCUT2D eigenvalue weighted by Gasteiger charge is -2.36. The number of carbonyl (C=O) groups excluding carboxylic acids is 3. The van der Waals surface area contributed by atoms with Crippen LogP contribution in [0.4, 0.5) is 5.69 Å². The number of halogens is 1. The zero-order chi connectivity index (χ0) is 24.1. The number of rotatable bonds is 7. The number of fused-ring (bicyclic) bond motifs is 1. The van der Waals surface area contributed by atoms with Gasteiger partial charge in [0.15, 0.2) is 0 Å². The molecule has 7 nitrogen and oxygen atoms in total. The number of hydrogen-bond donors (Lipinski definition) is 3. The van der Waals surface area contributed by atoms with E-state index in [1.54, 1.807) is 23.6 Å². The zero-order valence-corrected chi connectivity index (χ0v) is 21.8. The minimum atomic E-state index is -0.768. The molecule has 3 fully saturated rings. The molecule has 180 valence electrons. The third-order valence-electron chi connectivity index (χ3n) is 7.30. The summed E-state index contributed by atoms with van der Waals surface area (Å²) in [5.41, 5.74) is 2.64. The van der Waals surface area contributed by atoms with E-state index in [1.807, 2.05) is 39.0 Å². The molecule has 4 rings (SSSR count). The Hall–Kier alpha value is -1.58. The van der Waals surface area contributed by atoms with Crippen LogP contribution in [0.3, 0.4) is 0 Å². The molecule has 3 N–H and O–H groups in total. The molecule has 9 heteroatoms. The number of nitrogens with zero attached hydrogens (tertiary/aromatic N) is 1. The molecule has 33 heavy (non-hydrogen) atoms. The molecule has 1 aromatic rings. The molecule has 1 spiro atoms. The van der Waals surface area contributed by atoms with Crippen molar-refractivity contribution >= 4 is 51.1 Å². The monoisotopic (exact) mass is 537 g/mol. The van der Waals surface area contributed by atoms with Crippen LogP contribution in [-0.4, -0.2) is 67.8 Å². The van der Waals surface area contributed by atoms with Crippen molar-refractivity contribution in [1.29, 1.82) is 0 Å². The first-order valence-electron chi connectivity index (χ1n) is 11.6. The fourth-order valence-corrected chi connectivity index (χ4v) is 9.40. The molecule has 3 aliphatic rings. The van der Waals surface area contributed by atoms with E-state index in [0.717, 1.165) is 23.2 Å². The first kappa shape index (κ1) is 24.5. The Morgan fingerprint density at radius 3 is 2.58 bits per heavy atom. The number of aryl methyl sites for hydroxylation is 2. The van der Waals surface area contributed by atoms with Gasteiger partial charge in [0.2, 0.25) is 17.7 Å². The quantitative estimate of drug-likeness (QED) is 0.464. The van der Waals surface area contributed by atoms with Crippen LogP contribution in [0.15, 0.2) is 18.2 Å². The van der Waals surface area contributed by atoms with Gasteiger partial charge in [-0.2, -0.15) is 0 Å². The standard InChI is InChI=1S/C24H32BrN3O4S/c1-5-9-26-21(30)16-17-23(32)28(14(4)11-29)20(24(17)10-15(25)19(16)33-24)22(31)27-18-12(2)7-6-8-13(18)3/h6-8,14-17,19-20,29H,5,9-11H2,1-4H3,(H,26,30)(H,27,31)/t14-,15?,16+,17+,19+,20?,24?/m1/s1. The number of aliphatic hydroxyl groups is 1. The minimum Gasteiger partial charge on any atom is -0.394 e. The van der Waals surface area contributed by atoms with Crippen molar-refractivity contribution in [3.05, 3.63) is 29.3 Å². The second kappa shape index (κ2) is 9.23. The van der Waals surface area contributed by atoms with Crippen LogP contribution in [0, 0.1) is 25.7 Å². The van der Waals surface area contributed by atoms with Crippen LogP contribution in [0.25, 0.3) is 0 Å². The lowest BCUT2D eigenvalue weighted by atomic mass is 9.70. The predicted molar refractivity (Wildman–Crippen MR) is 133 cm³/mol. The molecule has 3 saturated heterocycles. The van der Waals surface area contributed by atoms with Crippen molar-refractivity contribution in [3.8, 4) is 0 Å². The van der Waals surface area contributed by atoms with Crippen molar-refractivity contribution in [2.75, 3.05) is 18.5 Å². The Morgan fingerprint density at radius 1 is 1.30 bits per heavy atom. The van der Waals surface area contributed by atoms with Gasteiger partial charge in [0.1, 0.15) is 6.04 Å². The van der Waals surface area contributed by atoms with Gasteiger partial charge in [-0.3, -0.25) is 14.4 Å². The Balaban J connectivity index is 1.75. The van der Waals surface area contributed by atoms with Crippen LogP contribution in [0.5, 0.6) is 0 Å². The fourth-order valence-electron chi connectivity index (χ4n) is 5.80. The molecule has 3 unspecified atom stereocenters. The topological polar surface area (TPSA) is 98.7 Å². The lowest BCUT2D eigenvalue weighted by Crippen LogP contribution is -2.55. The van der Waals surface area contributed by atoms with E-state index in [-0.39, 0.29) is 34.4 Å². The Labute approximate surface area is 207 Å². The van der Waals surface area contributed by atoms with Gasteiger partial charge in [-0.25, -0.2) is 0 Å². The van der Waals surface area contributed by atoms with Crippen molar-refractivity contribution in [1.82, 2.24) is 10.2 Å². The van der Waals surface area contributed by atoms with Gasteiger partial charge >= 0.3 is 0 Å². The van der Waals surface area contributed by atoms with E-state index < -0.39 is 28.7 Å². The number of alkyl halides is 1. The van der Waals surface area contributed by atoms with E-state index in [4.69, 9.17) is 0 Å². The van der Waals surface area contributed by atoms with Crippen LogP contribution in [-0.2, 0) is 14.4 Å². The van der Waals surface area contributed by atoms with E-state index in [0.29, 0.717) is 13.0 Å². The number of carbonyl (C=O) groups is 3. The third kappa shape index (κ3) is 3.80. The lowest BCUT2D eigenvalue weighted by molar-refractivity contribution is -0.141. The van der Waals surface area contributed by atoms with Crippen LogP contribution < -0.4 is 10.6 Å². The van der Waals surface area contributed by atoms with Gasteiger partial charge in [-0.05, 0) is 44.7 Å². The molecule has 2 bridgehead atoms. The first-order chi connectivity index (χ1) is 15.7. The molecule has 3 aliphatic heterocycles. The normalized spacial score (nSPS) is 33.2. The number of benzene rings is 1. The van der Waals surface area contributed by atoms with Gasteiger partial charge in [0.05, 0.1) is 29.2 Å². The number of aliphatic hydroxyl groups excluding tert-OH is 1. The maximum absolute atomic E-state index is 13.9.